The summed E-state index contributed by atoms with van der Waals surface area (Å²) in [6, 6.07) is 14.3. The molecule has 0 fully saturated rings. The number of amides is 1. The van der Waals surface area contributed by atoms with E-state index in [0.717, 1.165) is 11.3 Å². The maximum absolute atomic E-state index is 14.4. The lowest BCUT2D eigenvalue weighted by Crippen LogP contribution is -2.31. The molecule has 3 rings (SSSR count). The van der Waals surface area contributed by atoms with Gasteiger partial charge in [-0.25, -0.2) is 4.39 Å². The monoisotopic (exact) mass is 398 g/mol. The molecule has 0 saturated carbocycles. The zero-order valence-corrected chi connectivity index (χ0v) is 17.0. The first-order chi connectivity index (χ1) is 13.5. The third kappa shape index (κ3) is 4.25. The molecule has 1 heterocycles. The van der Waals surface area contributed by atoms with Crippen LogP contribution in [-0.4, -0.2) is 44.4 Å². The molecule has 0 N–H and O–H groups in total. The molecule has 0 saturated heterocycles. The van der Waals surface area contributed by atoms with Crippen molar-refractivity contribution in [2.24, 2.45) is 0 Å². The van der Waals surface area contributed by atoms with Crippen LogP contribution in [0.3, 0.4) is 0 Å². The molecule has 5 nitrogen and oxygen atoms in total. The van der Waals surface area contributed by atoms with Crippen molar-refractivity contribution in [3.05, 3.63) is 59.9 Å². The van der Waals surface area contributed by atoms with Crippen LogP contribution in [0.4, 0.5) is 4.39 Å². The summed E-state index contributed by atoms with van der Waals surface area (Å²) in [4.78, 5) is 14.2. The smallest absolute Gasteiger partial charge is 0.233 e. The molecule has 0 aliphatic rings. The van der Waals surface area contributed by atoms with Crippen molar-refractivity contribution in [1.82, 2.24) is 19.7 Å². The largest absolute Gasteiger partial charge is 0.343 e. The Balaban J connectivity index is 2.00. The summed E-state index contributed by atoms with van der Waals surface area (Å²) in [5, 5.41) is 9.05. The molecule has 146 valence electrons. The summed E-state index contributed by atoms with van der Waals surface area (Å²) in [5.41, 5.74) is 2.32. The number of aromatic nitrogens is 3. The Labute approximate surface area is 168 Å². The molecule has 3 aromatic rings. The summed E-state index contributed by atoms with van der Waals surface area (Å²) in [6.07, 6.45) is 0. The van der Waals surface area contributed by atoms with Gasteiger partial charge in [-0.15, -0.1) is 10.2 Å². The summed E-state index contributed by atoms with van der Waals surface area (Å²) < 4.78 is 16.2. The van der Waals surface area contributed by atoms with E-state index in [1.165, 1.54) is 17.8 Å². The van der Waals surface area contributed by atoms with Gasteiger partial charge in [0, 0.05) is 18.8 Å². The normalized spacial score (nSPS) is 10.9. The highest BCUT2D eigenvalue weighted by atomic mass is 32.2. The molecular formula is C21H23FN4OS. The first-order valence-electron chi connectivity index (χ1n) is 9.23. The van der Waals surface area contributed by atoms with Crippen LogP contribution in [0.15, 0.2) is 53.7 Å². The fourth-order valence-corrected chi connectivity index (χ4v) is 3.76. The van der Waals surface area contributed by atoms with Gasteiger partial charge in [-0.2, -0.15) is 0 Å². The lowest BCUT2D eigenvalue weighted by molar-refractivity contribution is -0.127. The van der Waals surface area contributed by atoms with Gasteiger partial charge in [0.15, 0.2) is 11.0 Å². The van der Waals surface area contributed by atoms with Gasteiger partial charge in [-0.3, -0.25) is 9.36 Å². The van der Waals surface area contributed by atoms with Gasteiger partial charge >= 0.3 is 0 Å². The van der Waals surface area contributed by atoms with Gasteiger partial charge in [-0.05, 0) is 45.0 Å². The van der Waals surface area contributed by atoms with Crippen molar-refractivity contribution >= 4 is 17.7 Å². The maximum Gasteiger partial charge on any atom is 0.233 e. The highest BCUT2D eigenvalue weighted by Gasteiger charge is 2.20. The molecule has 0 radical (unpaired) electrons. The number of thioether (sulfide) groups is 1. The van der Waals surface area contributed by atoms with E-state index < -0.39 is 0 Å². The van der Waals surface area contributed by atoms with E-state index in [9.17, 15) is 9.18 Å². The highest BCUT2D eigenvalue weighted by molar-refractivity contribution is 7.99. The minimum absolute atomic E-state index is 0.0425. The van der Waals surface area contributed by atoms with Crippen LogP contribution in [0.25, 0.3) is 17.1 Å². The van der Waals surface area contributed by atoms with Gasteiger partial charge in [0.1, 0.15) is 5.82 Å². The molecule has 0 aliphatic carbocycles. The second kappa shape index (κ2) is 9.01. The molecule has 1 aromatic heterocycles. The third-order valence-corrected chi connectivity index (χ3v) is 5.39. The zero-order chi connectivity index (χ0) is 20.1. The molecule has 28 heavy (non-hydrogen) atoms. The number of carbonyl (C=O) groups excluding carboxylic acids is 1. The van der Waals surface area contributed by atoms with Gasteiger partial charge in [0.25, 0.3) is 0 Å². The zero-order valence-electron chi connectivity index (χ0n) is 16.2. The maximum atomic E-state index is 14.4. The molecule has 1 amide bonds. The second-order valence-electron chi connectivity index (χ2n) is 6.31. The average molecular weight is 399 g/mol. The number of aryl methyl sites for hydroxylation is 1. The van der Waals surface area contributed by atoms with Crippen LogP contribution in [-0.2, 0) is 4.79 Å². The minimum atomic E-state index is -0.362. The molecular weight excluding hydrogens is 375 g/mol. The number of hydrogen-bond donors (Lipinski definition) is 0. The summed E-state index contributed by atoms with van der Waals surface area (Å²) in [5.74, 6) is 0.350. The number of carbonyl (C=O) groups is 1. The van der Waals surface area contributed by atoms with E-state index in [2.05, 4.69) is 10.2 Å². The van der Waals surface area contributed by atoms with Crippen LogP contribution in [0.1, 0.15) is 19.4 Å². The number of hydrogen-bond acceptors (Lipinski definition) is 4. The van der Waals surface area contributed by atoms with Crippen molar-refractivity contribution in [3.8, 4) is 17.1 Å². The number of rotatable bonds is 7. The predicted molar refractivity (Wildman–Crippen MR) is 110 cm³/mol. The Morgan fingerprint density at radius 2 is 1.75 bits per heavy atom. The Morgan fingerprint density at radius 3 is 2.39 bits per heavy atom. The van der Waals surface area contributed by atoms with Gasteiger partial charge in [-0.1, -0.05) is 41.6 Å². The number of nitrogens with zero attached hydrogens (tertiary/aromatic N) is 4. The Hall–Kier alpha value is -2.67. The fourth-order valence-electron chi connectivity index (χ4n) is 2.90. The standard InChI is InChI=1S/C21H23FN4OS/c1-4-25(5-2)19(27)14-28-21-24-23-20(17-8-6-7-9-18(17)22)26(21)16-12-10-15(3)11-13-16/h6-13H,4-5,14H2,1-3H3. The Kier molecular flexibility index (Phi) is 6.46. The Morgan fingerprint density at radius 1 is 1.07 bits per heavy atom. The van der Waals surface area contributed by atoms with E-state index in [1.807, 2.05) is 45.0 Å². The molecule has 0 unspecified atom stereocenters. The van der Waals surface area contributed by atoms with Gasteiger partial charge in [0.05, 0.1) is 11.3 Å². The van der Waals surface area contributed by atoms with Crippen molar-refractivity contribution in [1.29, 1.82) is 0 Å². The molecule has 0 aliphatic heterocycles. The number of halogens is 1. The SMILES string of the molecule is CCN(CC)C(=O)CSc1nnc(-c2ccccc2F)n1-c1ccc(C)cc1. The van der Waals surface area contributed by atoms with Crippen LogP contribution < -0.4 is 0 Å². The van der Waals surface area contributed by atoms with Crippen molar-refractivity contribution in [3.63, 3.8) is 0 Å². The summed E-state index contributed by atoms with van der Waals surface area (Å²) >= 11 is 1.31. The minimum Gasteiger partial charge on any atom is -0.343 e. The lowest BCUT2D eigenvalue weighted by Gasteiger charge is -2.18. The van der Waals surface area contributed by atoms with E-state index in [4.69, 9.17) is 0 Å². The van der Waals surface area contributed by atoms with E-state index in [-0.39, 0.29) is 17.5 Å². The third-order valence-electron chi connectivity index (χ3n) is 4.48. The van der Waals surface area contributed by atoms with Gasteiger partial charge < -0.3 is 4.90 Å². The van der Waals surface area contributed by atoms with E-state index in [0.29, 0.717) is 29.6 Å². The van der Waals surface area contributed by atoms with Crippen LogP contribution in [0.5, 0.6) is 0 Å². The van der Waals surface area contributed by atoms with Crippen molar-refractivity contribution < 1.29 is 9.18 Å². The first kappa shape index (κ1) is 20.1. The van der Waals surface area contributed by atoms with Crippen LogP contribution in [0.2, 0.25) is 0 Å². The average Bonchev–Trinajstić information content (AvgIpc) is 3.12. The summed E-state index contributed by atoms with van der Waals surface area (Å²) in [7, 11) is 0. The molecule has 2 aromatic carbocycles. The van der Waals surface area contributed by atoms with Gasteiger partial charge in [0.2, 0.25) is 5.91 Å². The topological polar surface area (TPSA) is 51.0 Å². The molecule has 0 atom stereocenters. The molecule has 0 bridgehead atoms. The summed E-state index contributed by atoms with van der Waals surface area (Å²) in [6.45, 7) is 7.25. The predicted octanol–water partition coefficient (Wildman–Crippen LogP) is 4.34. The lowest BCUT2D eigenvalue weighted by atomic mass is 10.2. The second-order valence-corrected chi connectivity index (χ2v) is 7.25. The highest BCUT2D eigenvalue weighted by Crippen LogP contribution is 2.29. The van der Waals surface area contributed by atoms with Crippen LogP contribution >= 0.6 is 11.8 Å². The fraction of sp³-hybridized carbons (Fsp3) is 0.286. The van der Waals surface area contributed by atoms with Crippen molar-refractivity contribution in [2.75, 3.05) is 18.8 Å². The first-order valence-corrected chi connectivity index (χ1v) is 10.2. The Bertz CT molecular complexity index is 951. The quantitative estimate of drug-likeness (QED) is 0.556. The van der Waals surface area contributed by atoms with Crippen molar-refractivity contribution in [2.45, 2.75) is 25.9 Å². The van der Waals surface area contributed by atoms with E-state index in [1.54, 1.807) is 27.7 Å². The molecule has 0 spiro atoms. The van der Waals surface area contributed by atoms with E-state index >= 15 is 0 Å². The van der Waals surface area contributed by atoms with Crippen LogP contribution in [0, 0.1) is 12.7 Å². The number of benzene rings is 2. The molecule has 7 heteroatoms.